The van der Waals surface area contributed by atoms with Crippen molar-refractivity contribution in [2.45, 2.75) is 51.2 Å². The smallest absolute Gasteiger partial charge is 0.261 e. The van der Waals surface area contributed by atoms with Gasteiger partial charge in [-0.25, -0.2) is 0 Å². The minimum atomic E-state index is -2.45. The van der Waals surface area contributed by atoms with E-state index >= 15 is 0 Å². The van der Waals surface area contributed by atoms with Gasteiger partial charge in [-0.1, -0.05) is 81.4 Å². The second-order valence-electron chi connectivity index (χ2n) is 9.54. The molecule has 0 aliphatic heterocycles. The maximum atomic E-state index is 10.4. The van der Waals surface area contributed by atoms with Crippen molar-refractivity contribution in [1.29, 1.82) is 0 Å². The standard InChI is InChI=1S/C24H32O2Si/c1-24(2,3)27(20-10-6-4-7-11-20,21-12-8-5-9-13-21)26-17-19-14-18-15-22(19)23(25)16-18/h4-13,18-19,22-23,25H,14-17H2,1-3H3/t18-,19+,22-,23+/m1/s1. The molecule has 4 atom stereocenters. The Balaban J connectivity index is 1.72. The van der Waals surface area contributed by atoms with Crippen molar-refractivity contribution in [1.82, 2.24) is 0 Å². The summed E-state index contributed by atoms with van der Waals surface area (Å²) in [5.74, 6) is 1.64. The van der Waals surface area contributed by atoms with E-state index in [0.717, 1.165) is 13.0 Å². The van der Waals surface area contributed by atoms with E-state index < -0.39 is 8.32 Å². The zero-order valence-electron chi connectivity index (χ0n) is 16.8. The lowest BCUT2D eigenvalue weighted by Crippen LogP contribution is -2.67. The molecule has 4 rings (SSSR count). The van der Waals surface area contributed by atoms with E-state index in [1.54, 1.807) is 0 Å². The van der Waals surface area contributed by atoms with Crippen molar-refractivity contribution >= 4 is 18.7 Å². The average Bonchev–Trinajstić information content (AvgIpc) is 3.22. The first-order valence-electron chi connectivity index (χ1n) is 10.3. The van der Waals surface area contributed by atoms with Crippen LogP contribution in [0.3, 0.4) is 0 Å². The van der Waals surface area contributed by atoms with Gasteiger partial charge in [-0.15, -0.1) is 0 Å². The third-order valence-electron chi connectivity index (χ3n) is 6.85. The molecule has 0 saturated heterocycles. The van der Waals surface area contributed by atoms with Gasteiger partial charge < -0.3 is 9.53 Å². The number of aliphatic hydroxyl groups is 1. The molecule has 2 saturated carbocycles. The Bertz CT molecular complexity index is 713. The Morgan fingerprint density at radius 2 is 1.44 bits per heavy atom. The van der Waals surface area contributed by atoms with Crippen molar-refractivity contribution in [2.24, 2.45) is 17.8 Å². The van der Waals surface area contributed by atoms with Crippen LogP contribution in [0, 0.1) is 17.8 Å². The summed E-state index contributed by atoms with van der Waals surface area (Å²) in [4.78, 5) is 0. The molecule has 2 nitrogen and oxygen atoms in total. The quantitative estimate of drug-likeness (QED) is 0.796. The summed E-state index contributed by atoms with van der Waals surface area (Å²) in [5.41, 5.74) is 0. The Kier molecular flexibility index (Phi) is 5.04. The summed E-state index contributed by atoms with van der Waals surface area (Å²) >= 11 is 0. The van der Waals surface area contributed by atoms with E-state index in [1.807, 2.05) is 0 Å². The van der Waals surface area contributed by atoms with Gasteiger partial charge in [0, 0.05) is 6.61 Å². The highest BCUT2D eigenvalue weighted by molar-refractivity contribution is 6.99. The number of hydrogen-bond acceptors (Lipinski definition) is 2. The number of aliphatic hydroxyl groups excluding tert-OH is 1. The fraction of sp³-hybridized carbons (Fsp3) is 0.500. The zero-order chi connectivity index (χ0) is 19.1. The first kappa shape index (κ1) is 18.9. The van der Waals surface area contributed by atoms with Crippen LogP contribution >= 0.6 is 0 Å². The maximum absolute atomic E-state index is 10.4. The summed E-state index contributed by atoms with van der Waals surface area (Å²) in [6, 6.07) is 21.7. The average molecular weight is 381 g/mol. The van der Waals surface area contributed by atoms with Crippen LogP contribution in [0.2, 0.25) is 5.04 Å². The molecule has 27 heavy (non-hydrogen) atoms. The van der Waals surface area contributed by atoms with E-state index in [-0.39, 0.29) is 11.1 Å². The normalized spacial score (nSPS) is 27.9. The number of benzene rings is 2. The van der Waals surface area contributed by atoms with Gasteiger partial charge in [-0.05, 0) is 52.4 Å². The predicted molar refractivity (Wildman–Crippen MR) is 114 cm³/mol. The fourth-order valence-corrected chi connectivity index (χ4v) is 10.3. The second-order valence-corrected chi connectivity index (χ2v) is 13.8. The molecule has 2 aromatic carbocycles. The van der Waals surface area contributed by atoms with Gasteiger partial charge in [0.15, 0.2) is 0 Å². The molecule has 144 valence electrons. The van der Waals surface area contributed by atoms with Crippen LogP contribution in [0.5, 0.6) is 0 Å². The lowest BCUT2D eigenvalue weighted by Gasteiger charge is -2.44. The zero-order valence-corrected chi connectivity index (χ0v) is 17.8. The molecule has 3 heteroatoms. The molecule has 2 aliphatic rings. The van der Waals surface area contributed by atoms with Crippen LogP contribution in [0.15, 0.2) is 60.7 Å². The largest absolute Gasteiger partial charge is 0.407 e. The first-order chi connectivity index (χ1) is 12.9. The minimum Gasteiger partial charge on any atom is -0.407 e. The highest BCUT2D eigenvalue weighted by Gasteiger charge is 2.52. The number of rotatable bonds is 5. The molecule has 0 amide bonds. The highest BCUT2D eigenvalue weighted by Crippen LogP contribution is 2.49. The maximum Gasteiger partial charge on any atom is 0.261 e. The van der Waals surface area contributed by atoms with Gasteiger partial charge in [0.2, 0.25) is 0 Å². The Morgan fingerprint density at radius 1 is 0.889 bits per heavy atom. The lowest BCUT2D eigenvalue weighted by molar-refractivity contribution is 0.0592. The van der Waals surface area contributed by atoms with E-state index in [2.05, 4.69) is 81.4 Å². The van der Waals surface area contributed by atoms with E-state index in [4.69, 9.17) is 4.43 Å². The van der Waals surface area contributed by atoms with Crippen LogP contribution < -0.4 is 10.4 Å². The summed E-state index contributed by atoms with van der Waals surface area (Å²) < 4.78 is 7.08. The molecule has 2 aliphatic carbocycles. The summed E-state index contributed by atoms with van der Waals surface area (Å²) in [5, 5.41) is 13.1. The van der Waals surface area contributed by atoms with Gasteiger partial charge in [0.25, 0.3) is 8.32 Å². The van der Waals surface area contributed by atoms with Crippen LogP contribution in [0.25, 0.3) is 0 Å². The van der Waals surface area contributed by atoms with Crippen LogP contribution in [-0.2, 0) is 4.43 Å². The third kappa shape index (κ3) is 3.30. The number of fused-ring (bicyclic) bond motifs is 2. The molecule has 0 heterocycles. The first-order valence-corrected chi connectivity index (χ1v) is 12.3. The van der Waals surface area contributed by atoms with Crippen molar-refractivity contribution < 1.29 is 9.53 Å². The van der Waals surface area contributed by atoms with Gasteiger partial charge in [-0.3, -0.25) is 0 Å². The minimum absolute atomic E-state index is 0.0198. The molecule has 2 fully saturated rings. The summed E-state index contributed by atoms with van der Waals surface area (Å²) in [7, 11) is -2.45. The van der Waals surface area contributed by atoms with Crippen LogP contribution in [-0.4, -0.2) is 26.1 Å². The fourth-order valence-electron chi connectivity index (χ4n) is 5.64. The topological polar surface area (TPSA) is 29.5 Å². The molecule has 0 aromatic heterocycles. The van der Waals surface area contributed by atoms with E-state index in [9.17, 15) is 5.11 Å². The number of hydrogen-bond donors (Lipinski definition) is 1. The molecular weight excluding hydrogens is 348 g/mol. The second kappa shape index (κ2) is 7.19. The van der Waals surface area contributed by atoms with E-state index in [0.29, 0.717) is 17.8 Å². The van der Waals surface area contributed by atoms with Gasteiger partial charge in [0.05, 0.1) is 6.10 Å². The predicted octanol–water partition coefficient (Wildman–Crippen LogP) is 3.97. The monoisotopic (exact) mass is 380 g/mol. The van der Waals surface area contributed by atoms with Crippen molar-refractivity contribution in [3.63, 3.8) is 0 Å². The van der Waals surface area contributed by atoms with Crippen molar-refractivity contribution in [3.05, 3.63) is 60.7 Å². The Hall–Kier alpha value is -1.42. The van der Waals surface area contributed by atoms with Gasteiger partial charge >= 0.3 is 0 Å². The molecule has 1 N–H and O–H groups in total. The molecule has 0 spiro atoms. The van der Waals surface area contributed by atoms with Gasteiger partial charge in [-0.2, -0.15) is 0 Å². The Labute approximate surface area is 164 Å². The van der Waals surface area contributed by atoms with Gasteiger partial charge in [0.1, 0.15) is 0 Å². The molecule has 2 bridgehead atoms. The summed E-state index contributed by atoms with van der Waals surface area (Å²) in [6.07, 6.45) is 3.30. The third-order valence-corrected chi connectivity index (χ3v) is 11.9. The highest BCUT2D eigenvalue weighted by atomic mass is 28.4. The van der Waals surface area contributed by atoms with Crippen molar-refractivity contribution in [3.8, 4) is 0 Å². The lowest BCUT2D eigenvalue weighted by atomic mass is 9.87. The molecule has 0 radical (unpaired) electrons. The summed E-state index contributed by atoms with van der Waals surface area (Å²) in [6.45, 7) is 7.75. The SMILES string of the molecule is CC(C)(C)[Si](OC[C@@H]1C[C@@H]2C[C@H]1[C@@H](O)C2)(c1ccccc1)c1ccccc1. The van der Waals surface area contributed by atoms with Crippen LogP contribution in [0.1, 0.15) is 40.0 Å². The molecule has 0 unspecified atom stereocenters. The van der Waals surface area contributed by atoms with Crippen molar-refractivity contribution in [2.75, 3.05) is 6.61 Å². The van der Waals surface area contributed by atoms with E-state index in [1.165, 1.54) is 23.2 Å². The molecular formula is C24H32O2Si. The van der Waals surface area contributed by atoms with Crippen LogP contribution in [0.4, 0.5) is 0 Å². The Morgan fingerprint density at radius 3 is 1.89 bits per heavy atom. The molecule has 2 aromatic rings.